The Morgan fingerprint density at radius 2 is 0.869 bits per heavy atom. The number of rotatable bonds is 7. The number of anilines is 3. The van der Waals surface area contributed by atoms with Crippen molar-refractivity contribution < 1.29 is 0 Å². The molecule has 2 nitrogen and oxygen atoms in total. The summed E-state index contributed by atoms with van der Waals surface area (Å²) < 4.78 is 5.01. The van der Waals surface area contributed by atoms with Crippen molar-refractivity contribution in [3.63, 3.8) is 0 Å². The zero-order valence-electron chi connectivity index (χ0n) is 33.2. The molecule has 61 heavy (non-hydrogen) atoms. The molecule has 12 rings (SSSR count). The molecule has 0 unspecified atom stereocenters. The second-order valence-corrected chi connectivity index (χ2v) is 16.8. The Labute approximate surface area is 358 Å². The molecule has 0 aliphatic heterocycles. The van der Waals surface area contributed by atoms with Crippen LogP contribution in [0, 0.1) is 0 Å². The molecular formula is C58H38N2S. The SMILES string of the molecule is c1cc(-c2ccc(-c3ccc(N(c4ccccc4-c4ccc5sc6ccccc6c5c4)c4cccc5ccccc45)cc3)cc2)cc(-n2c3ccccc3c3ccccc32)c1. The maximum atomic E-state index is 2.44. The summed E-state index contributed by atoms with van der Waals surface area (Å²) in [4.78, 5) is 2.44. The second-order valence-electron chi connectivity index (χ2n) is 15.7. The normalized spacial score (nSPS) is 11.6. The summed E-state index contributed by atoms with van der Waals surface area (Å²) in [5.41, 5.74) is 14.1. The first kappa shape index (κ1) is 35.2. The summed E-state index contributed by atoms with van der Waals surface area (Å²) in [6.45, 7) is 0. The number of nitrogens with zero attached hydrogens (tertiary/aromatic N) is 2. The van der Waals surface area contributed by atoms with Gasteiger partial charge in [0, 0.05) is 53.3 Å². The number of hydrogen-bond donors (Lipinski definition) is 0. The zero-order chi connectivity index (χ0) is 40.3. The smallest absolute Gasteiger partial charge is 0.0541 e. The first-order valence-electron chi connectivity index (χ1n) is 20.8. The highest BCUT2D eigenvalue weighted by atomic mass is 32.1. The number of thiophene rings is 1. The van der Waals surface area contributed by atoms with E-state index in [4.69, 9.17) is 0 Å². The van der Waals surface area contributed by atoms with E-state index in [1.165, 1.54) is 86.1 Å². The lowest BCUT2D eigenvalue weighted by Gasteiger charge is -2.29. The van der Waals surface area contributed by atoms with Crippen molar-refractivity contribution in [1.29, 1.82) is 0 Å². The highest BCUT2D eigenvalue weighted by Gasteiger charge is 2.20. The summed E-state index contributed by atoms with van der Waals surface area (Å²) in [5, 5.41) is 7.58. The molecule has 2 aromatic heterocycles. The summed E-state index contributed by atoms with van der Waals surface area (Å²) in [5.74, 6) is 0. The summed E-state index contributed by atoms with van der Waals surface area (Å²) in [6, 6.07) is 84.2. The molecule has 12 aromatic rings. The van der Waals surface area contributed by atoms with Crippen LogP contribution in [0.2, 0.25) is 0 Å². The number of fused-ring (bicyclic) bond motifs is 7. The second kappa shape index (κ2) is 14.5. The monoisotopic (exact) mass is 794 g/mol. The minimum Gasteiger partial charge on any atom is -0.309 e. The predicted molar refractivity (Wildman–Crippen MR) is 262 cm³/mol. The van der Waals surface area contributed by atoms with Gasteiger partial charge in [0.05, 0.1) is 22.4 Å². The average Bonchev–Trinajstić information content (AvgIpc) is 3.88. The first-order valence-corrected chi connectivity index (χ1v) is 21.6. The average molecular weight is 795 g/mol. The van der Waals surface area contributed by atoms with Gasteiger partial charge in [-0.25, -0.2) is 0 Å². The van der Waals surface area contributed by atoms with Crippen molar-refractivity contribution in [2.45, 2.75) is 0 Å². The predicted octanol–water partition coefficient (Wildman–Crippen LogP) is 16.8. The van der Waals surface area contributed by atoms with E-state index in [2.05, 4.69) is 240 Å². The minimum absolute atomic E-state index is 1.10. The van der Waals surface area contributed by atoms with E-state index >= 15 is 0 Å². The van der Waals surface area contributed by atoms with Gasteiger partial charge >= 0.3 is 0 Å². The fourth-order valence-corrected chi connectivity index (χ4v) is 10.4. The van der Waals surface area contributed by atoms with Gasteiger partial charge in [-0.3, -0.25) is 0 Å². The lowest BCUT2D eigenvalue weighted by atomic mass is 9.98. The first-order chi connectivity index (χ1) is 30.2. The van der Waals surface area contributed by atoms with Crippen LogP contribution in [0.15, 0.2) is 231 Å². The van der Waals surface area contributed by atoms with E-state index < -0.39 is 0 Å². The van der Waals surface area contributed by atoms with Crippen molar-refractivity contribution >= 4 is 81.1 Å². The molecule has 0 spiro atoms. The fraction of sp³-hybridized carbons (Fsp3) is 0. The Balaban J connectivity index is 0.915. The van der Waals surface area contributed by atoms with E-state index in [9.17, 15) is 0 Å². The van der Waals surface area contributed by atoms with Gasteiger partial charge in [0.2, 0.25) is 0 Å². The van der Waals surface area contributed by atoms with Crippen LogP contribution in [0.1, 0.15) is 0 Å². The van der Waals surface area contributed by atoms with Crippen LogP contribution in [-0.2, 0) is 0 Å². The molecule has 3 heteroatoms. The van der Waals surface area contributed by atoms with E-state index in [0.29, 0.717) is 0 Å². The molecular weight excluding hydrogens is 757 g/mol. The maximum Gasteiger partial charge on any atom is 0.0541 e. The molecule has 0 fully saturated rings. The van der Waals surface area contributed by atoms with Crippen molar-refractivity contribution in [1.82, 2.24) is 4.57 Å². The van der Waals surface area contributed by atoms with Crippen molar-refractivity contribution in [2.24, 2.45) is 0 Å². The molecule has 2 heterocycles. The maximum absolute atomic E-state index is 2.44. The van der Waals surface area contributed by atoms with Crippen LogP contribution in [0.3, 0.4) is 0 Å². The molecule has 0 amide bonds. The van der Waals surface area contributed by atoms with Gasteiger partial charge in [-0.1, -0.05) is 164 Å². The van der Waals surface area contributed by atoms with Crippen LogP contribution in [0.25, 0.3) is 91.8 Å². The quantitative estimate of drug-likeness (QED) is 0.156. The fourth-order valence-electron chi connectivity index (χ4n) is 9.30. The Kier molecular flexibility index (Phi) is 8.39. The van der Waals surface area contributed by atoms with E-state index in [0.717, 1.165) is 22.7 Å². The van der Waals surface area contributed by atoms with E-state index in [1.807, 2.05) is 11.3 Å². The highest BCUT2D eigenvalue weighted by molar-refractivity contribution is 7.25. The molecule has 286 valence electrons. The van der Waals surface area contributed by atoms with Crippen LogP contribution in [0.5, 0.6) is 0 Å². The number of aromatic nitrogens is 1. The van der Waals surface area contributed by atoms with Crippen molar-refractivity contribution in [3.05, 3.63) is 231 Å². The molecule has 0 atom stereocenters. The van der Waals surface area contributed by atoms with Gasteiger partial charge in [-0.05, 0) is 99.9 Å². The van der Waals surface area contributed by atoms with Crippen molar-refractivity contribution in [2.75, 3.05) is 4.90 Å². The van der Waals surface area contributed by atoms with Gasteiger partial charge in [-0.2, -0.15) is 0 Å². The standard InChI is InChI=1S/C58H38N2S/c1-2-17-47-42(13-1)14-12-25-54(47)59(53-22-7-3-18-48(53)44-33-36-58-52(38-44)51-21-6-10-26-57(51)61-58)45-34-31-40(32-35-45)39-27-29-41(30-28-39)43-15-11-16-46(37-43)60-55-23-8-4-19-49(55)50-20-5-9-24-56(50)60/h1-38H. The molecule has 10 aromatic carbocycles. The molecule has 0 N–H and O–H groups in total. The summed E-state index contributed by atoms with van der Waals surface area (Å²) in [6.07, 6.45) is 0. The Hall–Kier alpha value is -7.72. The molecule has 0 aliphatic carbocycles. The number of para-hydroxylation sites is 3. The lowest BCUT2D eigenvalue weighted by Crippen LogP contribution is -2.11. The lowest BCUT2D eigenvalue weighted by molar-refractivity contribution is 1.18. The van der Waals surface area contributed by atoms with Gasteiger partial charge < -0.3 is 9.47 Å². The van der Waals surface area contributed by atoms with Gasteiger partial charge in [0.15, 0.2) is 0 Å². The van der Waals surface area contributed by atoms with Crippen LogP contribution in [-0.4, -0.2) is 4.57 Å². The molecule has 0 saturated heterocycles. The Bertz CT molecular complexity index is 3530. The Morgan fingerprint density at radius 3 is 1.64 bits per heavy atom. The summed E-state index contributed by atoms with van der Waals surface area (Å²) >= 11 is 1.86. The van der Waals surface area contributed by atoms with Gasteiger partial charge in [0.25, 0.3) is 0 Å². The zero-order valence-corrected chi connectivity index (χ0v) is 34.1. The topological polar surface area (TPSA) is 8.17 Å². The largest absolute Gasteiger partial charge is 0.309 e. The molecule has 0 radical (unpaired) electrons. The highest BCUT2D eigenvalue weighted by Crippen LogP contribution is 2.45. The molecule has 0 saturated carbocycles. The van der Waals surface area contributed by atoms with E-state index in [-0.39, 0.29) is 0 Å². The van der Waals surface area contributed by atoms with Gasteiger partial charge in [0.1, 0.15) is 0 Å². The minimum atomic E-state index is 1.10. The molecule has 0 bridgehead atoms. The Morgan fingerprint density at radius 1 is 0.328 bits per heavy atom. The van der Waals surface area contributed by atoms with Crippen molar-refractivity contribution in [3.8, 4) is 39.1 Å². The number of benzene rings is 10. The summed E-state index contributed by atoms with van der Waals surface area (Å²) in [7, 11) is 0. The third kappa shape index (κ3) is 6.01. The number of hydrogen-bond acceptors (Lipinski definition) is 2. The van der Waals surface area contributed by atoms with Crippen LogP contribution in [0.4, 0.5) is 17.1 Å². The van der Waals surface area contributed by atoms with Crippen LogP contribution >= 0.6 is 11.3 Å². The van der Waals surface area contributed by atoms with Gasteiger partial charge in [-0.15, -0.1) is 11.3 Å². The van der Waals surface area contributed by atoms with E-state index in [1.54, 1.807) is 0 Å². The third-order valence-electron chi connectivity index (χ3n) is 12.2. The van der Waals surface area contributed by atoms with Crippen LogP contribution < -0.4 is 4.90 Å². The third-order valence-corrected chi connectivity index (χ3v) is 13.4. The molecule has 0 aliphatic rings.